The second-order valence-electron chi connectivity index (χ2n) is 3.20. The third kappa shape index (κ3) is 3.65. The molecule has 0 N–H and O–H groups in total. The second-order valence-corrected chi connectivity index (χ2v) is 5.65. The van der Waals surface area contributed by atoms with Crippen LogP contribution in [0.3, 0.4) is 0 Å². The minimum Gasteiger partial charge on any atom is -0.264 e. The zero-order valence-corrected chi connectivity index (χ0v) is 10.5. The van der Waals surface area contributed by atoms with Gasteiger partial charge in [0.2, 0.25) is 0 Å². The summed E-state index contributed by atoms with van der Waals surface area (Å²) in [4.78, 5) is -0.0336. The maximum atomic E-state index is 11.6. The van der Waals surface area contributed by atoms with Crippen molar-refractivity contribution in [3.05, 3.63) is 28.2 Å². The fourth-order valence-corrected chi connectivity index (χ4v) is 2.80. The maximum Gasteiger partial charge on any atom is 0.297 e. The summed E-state index contributed by atoms with van der Waals surface area (Å²) in [7, 11) is -3.77. The van der Waals surface area contributed by atoms with Crippen LogP contribution in [0.2, 0.25) is 10.0 Å². The van der Waals surface area contributed by atoms with E-state index in [9.17, 15) is 8.42 Å². The largest absolute Gasteiger partial charge is 0.297 e. The number of hydrogen-bond acceptors (Lipinski definition) is 3. The predicted octanol–water partition coefficient (Wildman–Crippen LogP) is 3.11. The smallest absolute Gasteiger partial charge is 0.264 e. The SMILES string of the molecule is CC(C)OS(=O)(=O)c1cc(Cl)cc(Cl)c1. The standard InChI is InChI=1S/C9H10Cl2O3S/c1-6(2)14-15(12,13)9-4-7(10)3-8(11)5-9/h3-6H,1-2H3. The molecular weight excluding hydrogens is 259 g/mol. The molecule has 0 heterocycles. The minimum atomic E-state index is -3.77. The third-order valence-corrected chi connectivity index (χ3v) is 3.33. The van der Waals surface area contributed by atoms with E-state index >= 15 is 0 Å². The van der Waals surface area contributed by atoms with Crippen LogP contribution in [0.4, 0.5) is 0 Å². The molecule has 0 saturated heterocycles. The average molecular weight is 269 g/mol. The molecule has 0 fully saturated rings. The van der Waals surface area contributed by atoms with Crippen LogP contribution >= 0.6 is 23.2 Å². The number of benzene rings is 1. The Hall–Kier alpha value is -0.290. The molecular formula is C9H10Cl2O3S. The first kappa shape index (κ1) is 12.8. The van der Waals surface area contributed by atoms with E-state index in [1.165, 1.54) is 18.2 Å². The fraction of sp³-hybridized carbons (Fsp3) is 0.333. The normalized spacial score (nSPS) is 12.1. The molecule has 1 aromatic rings. The maximum absolute atomic E-state index is 11.6. The van der Waals surface area contributed by atoms with Crippen LogP contribution in [0, 0.1) is 0 Å². The third-order valence-electron chi connectivity index (χ3n) is 1.44. The Morgan fingerprint density at radius 1 is 1.13 bits per heavy atom. The Kier molecular flexibility index (Phi) is 4.00. The van der Waals surface area contributed by atoms with Crippen LogP contribution in [0.25, 0.3) is 0 Å². The van der Waals surface area contributed by atoms with Gasteiger partial charge in [-0.2, -0.15) is 8.42 Å². The van der Waals surface area contributed by atoms with Crippen molar-refractivity contribution in [1.29, 1.82) is 0 Å². The van der Waals surface area contributed by atoms with E-state index in [1.54, 1.807) is 13.8 Å². The van der Waals surface area contributed by atoms with Crippen LogP contribution < -0.4 is 0 Å². The lowest BCUT2D eigenvalue weighted by Crippen LogP contribution is -2.12. The predicted molar refractivity (Wildman–Crippen MR) is 59.9 cm³/mol. The molecule has 0 atom stereocenters. The monoisotopic (exact) mass is 268 g/mol. The van der Waals surface area contributed by atoms with Crippen LogP contribution in [0.5, 0.6) is 0 Å². The van der Waals surface area contributed by atoms with Gasteiger partial charge in [-0.05, 0) is 32.0 Å². The summed E-state index contributed by atoms with van der Waals surface area (Å²) < 4.78 is 28.0. The van der Waals surface area contributed by atoms with E-state index in [0.717, 1.165) is 0 Å². The van der Waals surface area contributed by atoms with Crippen LogP contribution in [-0.2, 0) is 14.3 Å². The van der Waals surface area contributed by atoms with Gasteiger partial charge in [-0.3, -0.25) is 4.18 Å². The van der Waals surface area contributed by atoms with Crippen molar-refractivity contribution in [2.24, 2.45) is 0 Å². The van der Waals surface area contributed by atoms with Gasteiger partial charge in [0.25, 0.3) is 10.1 Å². The summed E-state index contributed by atoms with van der Waals surface area (Å²) in [6.45, 7) is 3.26. The van der Waals surface area contributed by atoms with Gasteiger partial charge in [0.1, 0.15) is 0 Å². The lowest BCUT2D eigenvalue weighted by molar-refractivity contribution is 0.249. The number of rotatable bonds is 3. The molecule has 0 aliphatic rings. The Labute approximate surface area is 99.1 Å². The Morgan fingerprint density at radius 3 is 2.00 bits per heavy atom. The van der Waals surface area contributed by atoms with E-state index in [1.807, 2.05) is 0 Å². The van der Waals surface area contributed by atoms with Crippen molar-refractivity contribution < 1.29 is 12.6 Å². The summed E-state index contributed by atoms with van der Waals surface area (Å²) in [6, 6.07) is 4.05. The topological polar surface area (TPSA) is 43.4 Å². The van der Waals surface area contributed by atoms with E-state index in [2.05, 4.69) is 0 Å². The molecule has 84 valence electrons. The van der Waals surface area contributed by atoms with Crippen molar-refractivity contribution in [2.45, 2.75) is 24.8 Å². The van der Waals surface area contributed by atoms with Gasteiger partial charge in [0.05, 0.1) is 11.0 Å². The molecule has 6 heteroatoms. The van der Waals surface area contributed by atoms with Gasteiger partial charge in [-0.25, -0.2) is 0 Å². The van der Waals surface area contributed by atoms with Gasteiger partial charge in [-0.1, -0.05) is 23.2 Å². The van der Waals surface area contributed by atoms with E-state index < -0.39 is 16.2 Å². The van der Waals surface area contributed by atoms with E-state index in [0.29, 0.717) is 0 Å². The quantitative estimate of drug-likeness (QED) is 0.792. The van der Waals surface area contributed by atoms with Gasteiger partial charge < -0.3 is 0 Å². The molecule has 0 radical (unpaired) electrons. The first-order valence-corrected chi connectivity index (χ1v) is 6.37. The first-order chi connectivity index (χ1) is 6.81. The lowest BCUT2D eigenvalue weighted by Gasteiger charge is -2.08. The molecule has 0 aliphatic heterocycles. The van der Waals surface area contributed by atoms with Gasteiger partial charge in [0.15, 0.2) is 0 Å². The summed E-state index contributed by atoms with van der Waals surface area (Å²) in [5, 5.41) is 0.516. The fourth-order valence-electron chi connectivity index (χ4n) is 0.982. The summed E-state index contributed by atoms with van der Waals surface area (Å²) in [5.41, 5.74) is 0. The van der Waals surface area contributed by atoms with Crippen molar-refractivity contribution in [2.75, 3.05) is 0 Å². The molecule has 0 unspecified atom stereocenters. The molecule has 0 aliphatic carbocycles. The van der Waals surface area contributed by atoms with Crippen LogP contribution in [0.15, 0.2) is 23.1 Å². The van der Waals surface area contributed by atoms with E-state index in [-0.39, 0.29) is 14.9 Å². The molecule has 1 aromatic carbocycles. The Morgan fingerprint density at radius 2 is 1.60 bits per heavy atom. The highest BCUT2D eigenvalue weighted by molar-refractivity contribution is 7.86. The zero-order chi connectivity index (χ0) is 11.6. The first-order valence-electron chi connectivity index (χ1n) is 4.20. The van der Waals surface area contributed by atoms with Crippen molar-refractivity contribution in [3.8, 4) is 0 Å². The number of halogens is 2. The Balaban J connectivity index is 3.16. The molecule has 15 heavy (non-hydrogen) atoms. The molecule has 1 rings (SSSR count). The second kappa shape index (κ2) is 4.70. The van der Waals surface area contributed by atoms with Gasteiger partial charge in [-0.15, -0.1) is 0 Å². The highest BCUT2D eigenvalue weighted by Crippen LogP contribution is 2.24. The Bertz CT molecular complexity index is 434. The lowest BCUT2D eigenvalue weighted by atomic mass is 10.4. The summed E-state index contributed by atoms with van der Waals surface area (Å²) in [5.74, 6) is 0. The molecule has 0 amide bonds. The minimum absolute atomic E-state index is 0.0336. The highest BCUT2D eigenvalue weighted by Gasteiger charge is 2.18. The molecule has 0 bridgehead atoms. The van der Waals surface area contributed by atoms with E-state index in [4.69, 9.17) is 27.4 Å². The molecule has 3 nitrogen and oxygen atoms in total. The number of hydrogen-bond donors (Lipinski definition) is 0. The van der Waals surface area contributed by atoms with Crippen molar-refractivity contribution >= 4 is 33.3 Å². The van der Waals surface area contributed by atoms with Gasteiger partial charge in [0, 0.05) is 10.0 Å². The average Bonchev–Trinajstić information content (AvgIpc) is 1.99. The zero-order valence-electron chi connectivity index (χ0n) is 8.20. The van der Waals surface area contributed by atoms with Gasteiger partial charge >= 0.3 is 0 Å². The highest BCUT2D eigenvalue weighted by atomic mass is 35.5. The van der Waals surface area contributed by atoms with Crippen molar-refractivity contribution in [1.82, 2.24) is 0 Å². The molecule has 0 aromatic heterocycles. The van der Waals surface area contributed by atoms with Crippen LogP contribution in [-0.4, -0.2) is 14.5 Å². The molecule has 0 saturated carbocycles. The summed E-state index contributed by atoms with van der Waals surface area (Å²) >= 11 is 11.4. The molecule has 0 spiro atoms. The summed E-state index contributed by atoms with van der Waals surface area (Å²) in [6.07, 6.45) is -0.423. The van der Waals surface area contributed by atoms with Crippen molar-refractivity contribution in [3.63, 3.8) is 0 Å². The van der Waals surface area contributed by atoms with Crippen LogP contribution in [0.1, 0.15) is 13.8 Å².